The molecule has 0 saturated heterocycles. The van der Waals surface area contributed by atoms with Crippen molar-refractivity contribution >= 4 is 34.3 Å². The Morgan fingerprint density at radius 2 is 2.15 bits per heavy atom. The van der Waals surface area contributed by atoms with E-state index in [1.54, 1.807) is 11.5 Å². The van der Waals surface area contributed by atoms with Crippen molar-refractivity contribution in [1.82, 2.24) is 0 Å². The first-order chi connectivity index (χ1) is 9.50. The lowest BCUT2D eigenvalue weighted by molar-refractivity contribution is 0.0698. The Balaban J connectivity index is 2.60. The summed E-state index contributed by atoms with van der Waals surface area (Å²) >= 11 is 1.47. The fourth-order valence-electron chi connectivity index (χ4n) is 1.71. The summed E-state index contributed by atoms with van der Waals surface area (Å²) in [5.41, 5.74) is -0.192. The molecule has 1 aromatic rings. The number of carboxylic acids is 1. The SMILES string of the molecule is O=C(O)c1ccc(F)cc1N(C1=CCSC=C1)[SH](=O)=O. The predicted molar refractivity (Wildman–Crippen MR) is 75.8 cm³/mol. The van der Waals surface area contributed by atoms with Crippen molar-refractivity contribution < 1.29 is 22.7 Å². The molecule has 1 aliphatic heterocycles. The van der Waals surface area contributed by atoms with Crippen molar-refractivity contribution in [3.63, 3.8) is 0 Å². The fourth-order valence-corrected chi connectivity index (χ4v) is 3.01. The molecule has 5 nitrogen and oxygen atoms in total. The number of thioether (sulfide) groups is 1. The number of halogens is 1. The Hall–Kier alpha value is -1.80. The van der Waals surface area contributed by atoms with Gasteiger partial charge in [0.25, 0.3) is 0 Å². The number of benzene rings is 1. The molecule has 0 amide bonds. The highest BCUT2D eigenvalue weighted by atomic mass is 32.2. The van der Waals surface area contributed by atoms with Gasteiger partial charge in [-0.3, -0.25) is 0 Å². The van der Waals surface area contributed by atoms with Crippen molar-refractivity contribution in [2.24, 2.45) is 0 Å². The van der Waals surface area contributed by atoms with Gasteiger partial charge in [-0.05, 0) is 35.8 Å². The number of rotatable bonds is 4. The number of carboxylic acid groups (broad SMARTS) is 1. The highest BCUT2D eigenvalue weighted by Crippen LogP contribution is 2.28. The summed E-state index contributed by atoms with van der Waals surface area (Å²) in [4.78, 5) is 11.2. The molecular weight excluding hydrogens is 305 g/mol. The van der Waals surface area contributed by atoms with Gasteiger partial charge in [-0.2, -0.15) is 0 Å². The van der Waals surface area contributed by atoms with E-state index in [1.165, 1.54) is 17.8 Å². The maximum atomic E-state index is 13.3. The minimum absolute atomic E-state index is 0.212. The molecule has 8 heteroatoms. The number of nitrogens with zero attached hydrogens (tertiary/aromatic N) is 1. The first-order valence-electron chi connectivity index (χ1n) is 5.46. The average Bonchev–Trinajstić information content (AvgIpc) is 2.39. The van der Waals surface area contributed by atoms with E-state index in [9.17, 15) is 17.6 Å². The first kappa shape index (κ1) is 14.6. The monoisotopic (exact) mass is 315 g/mol. The fraction of sp³-hybridized carbons (Fsp3) is 0.0833. The molecule has 1 aromatic carbocycles. The normalized spacial score (nSPS) is 14.2. The molecule has 1 heterocycles. The van der Waals surface area contributed by atoms with Gasteiger partial charge in [-0.1, -0.05) is 0 Å². The summed E-state index contributed by atoms with van der Waals surface area (Å²) in [6.07, 6.45) is 3.17. The Kier molecular flexibility index (Phi) is 4.46. The van der Waals surface area contributed by atoms with Gasteiger partial charge in [0.2, 0.25) is 10.9 Å². The van der Waals surface area contributed by atoms with Gasteiger partial charge in [-0.25, -0.2) is 21.9 Å². The van der Waals surface area contributed by atoms with Crippen LogP contribution >= 0.6 is 11.8 Å². The van der Waals surface area contributed by atoms with Crippen molar-refractivity contribution in [1.29, 1.82) is 0 Å². The maximum absolute atomic E-state index is 13.3. The smallest absolute Gasteiger partial charge is 0.337 e. The number of hydrogen-bond donors (Lipinski definition) is 2. The van der Waals surface area contributed by atoms with Gasteiger partial charge < -0.3 is 5.11 Å². The Morgan fingerprint density at radius 1 is 1.40 bits per heavy atom. The van der Waals surface area contributed by atoms with E-state index in [0.29, 0.717) is 11.4 Å². The van der Waals surface area contributed by atoms with Crippen LogP contribution in [0.4, 0.5) is 10.1 Å². The minimum atomic E-state index is -3.14. The summed E-state index contributed by atoms with van der Waals surface area (Å²) in [5, 5.41) is 10.8. The van der Waals surface area contributed by atoms with Crippen LogP contribution < -0.4 is 4.31 Å². The molecule has 0 saturated carbocycles. The van der Waals surface area contributed by atoms with E-state index in [0.717, 1.165) is 22.5 Å². The molecule has 1 N–H and O–H groups in total. The third-order valence-corrected chi connectivity index (χ3v) is 4.01. The zero-order valence-electron chi connectivity index (χ0n) is 10.0. The molecule has 0 radical (unpaired) electrons. The van der Waals surface area contributed by atoms with Gasteiger partial charge in [-0.15, -0.1) is 11.8 Å². The number of carbonyl (C=O) groups is 1. The lowest BCUT2D eigenvalue weighted by atomic mass is 10.1. The average molecular weight is 315 g/mol. The highest BCUT2D eigenvalue weighted by Gasteiger charge is 2.21. The minimum Gasteiger partial charge on any atom is -0.478 e. The number of hydrogen-bond acceptors (Lipinski definition) is 4. The van der Waals surface area contributed by atoms with Crippen molar-refractivity contribution in [2.75, 3.05) is 10.1 Å². The summed E-state index contributed by atoms with van der Waals surface area (Å²) in [7, 11) is -3.14. The van der Waals surface area contributed by atoms with E-state index in [1.807, 2.05) is 0 Å². The Bertz CT molecular complexity index is 674. The molecule has 0 atom stereocenters. The summed E-state index contributed by atoms with van der Waals surface area (Å²) in [6.45, 7) is 0. The van der Waals surface area contributed by atoms with E-state index < -0.39 is 22.7 Å². The zero-order chi connectivity index (χ0) is 14.7. The second kappa shape index (κ2) is 6.10. The predicted octanol–water partition coefficient (Wildman–Crippen LogP) is 2.00. The van der Waals surface area contributed by atoms with E-state index in [4.69, 9.17) is 5.11 Å². The van der Waals surface area contributed by atoms with Gasteiger partial charge in [0, 0.05) is 5.75 Å². The quantitative estimate of drug-likeness (QED) is 0.831. The molecule has 0 fully saturated rings. The summed E-state index contributed by atoms with van der Waals surface area (Å²) in [6, 6.07) is 2.91. The largest absolute Gasteiger partial charge is 0.478 e. The van der Waals surface area contributed by atoms with Crippen LogP contribution in [0.25, 0.3) is 0 Å². The molecule has 0 bridgehead atoms. The van der Waals surface area contributed by atoms with Crippen molar-refractivity contribution in [3.05, 3.63) is 52.8 Å². The second-order valence-corrected chi connectivity index (χ2v) is 5.60. The van der Waals surface area contributed by atoms with Crippen molar-refractivity contribution in [2.45, 2.75) is 0 Å². The van der Waals surface area contributed by atoms with Crippen molar-refractivity contribution in [3.8, 4) is 0 Å². The molecule has 0 aliphatic carbocycles. The summed E-state index contributed by atoms with van der Waals surface area (Å²) in [5.74, 6) is -1.47. The topological polar surface area (TPSA) is 74.7 Å². The standard InChI is InChI=1S/C12H10FNO4S2/c13-8-1-2-10(12(15)16)11(7-8)14(20(17)18)9-3-5-19-6-4-9/h1-5,7,20H,6H2,(H,15,16). The van der Waals surface area contributed by atoms with E-state index in [2.05, 4.69) is 0 Å². The first-order valence-corrected chi connectivity index (χ1v) is 7.64. The zero-order valence-corrected chi connectivity index (χ0v) is 11.7. The molecule has 106 valence electrons. The van der Waals surface area contributed by atoms with Gasteiger partial charge in [0.1, 0.15) is 5.82 Å². The molecular formula is C12H10FNO4S2. The van der Waals surface area contributed by atoms with Crippen LogP contribution in [0.2, 0.25) is 0 Å². The van der Waals surface area contributed by atoms with Gasteiger partial charge in [0.05, 0.1) is 16.9 Å². The maximum Gasteiger partial charge on any atom is 0.337 e. The van der Waals surface area contributed by atoms with E-state index >= 15 is 0 Å². The van der Waals surface area contributed by atoms with Crippen LogP contribution in [0.3, 0.4) is 0 Å². The third kappa shape index (κ3) is 3.02. The van der Waals surface area contributed by atoms with Crippen LogP contribution in [0.1, 0.15) is 10.4 Å². The molecule has 0 unspecified atom stereocenters. The van der Waals surface area contributed by atoms with E-state index in [-0.39, 0.29) is 11.3 Å². The van der Waals surface area contributed by atoms with Crippen LogP contribution in [-0.4, -0.2) is 25.2 Å². The van der Waals surface area contributed by atoms with Gasteiger partial charge in [0.15, 0.2) is 0 Å². The summed E-state index contributed by atoms with van der Waals surface area (Å²) < 4.78 is 37.0. The number of thiol groups is 1. The number of aromatic carboxylic acids is 1. The van der Waals surface area contributed by atoms with Gasteiger partial charge >= 0.3 is 5.97 Å². The number of anilines is 1. The second-order valence-electron chi connectivity index (χ2n) is 3.78. The molecule has 2 rings (SSSR count). The van der Waals surface area contributed by atoms with Crippen LogP contribution in [0, 0.1) is 5.82 Å². The Labute approximate surface area is 120 Å². The lowest BCUT2D eigenvalue weighted by Crippen LogP contribution is -2.23. The molecule has 0 spiro atoms. The molecule has 20 heavy (non-hydrogen) atoms. The molecule has 1 aliphatic rings. The lowest BCUT2D eigenvalue weighted by Gasteiger charge is -2.22. The number of allylic oxidation sites excluding steroid dienone is 1. The highest BCUT2D eigenvalue weighted by molar-refractivity contribution is 8.02. The van der Waals surface area contributed by atoms with Crippen LogP contribution in [0.5, 0.6) is 0 Å². The van der Waals surface area contributed by atoms with Crippen LogP contribution in [0.15, 0.2) is 41.5 Å². The Morgan fingerprint density at radius 3 is 2.70 bits per heavy atom. The molecule has 0 aromatic heterocycles. The van der Waals surface area contributed by atoms with Crippen LogP contribution in [-0.2, 0) is 10.9 Å². The third-order valence-electron chi connectivity index (χ3n) is 2.55.